The second-order valence-corrected chi connectivity index (χ2v) is 3.94. The summed E-state index contributed by atoms with van der Waals surface area (Å²) < 4.78 is 6.01. The van der Waals surface area contributed by atoms with Gasteiger partial charge in [0.1, 0.15) is 5.58 Å². The Morgan fingerprint density at radius 2 is 2.23 bits per heavy atom. The normalized spacial score (nSPS) is 11.0. The molecule has 0 saturated heterocycles. The molecule has 1 aromatic heterocycles. The molecule has 0 aliphatic heterocycles. The van der Waals surface area contributed by atoms with Gasteiger partial charge in [0, 0.05) is 21.5 Å². The third-order valence-corrected chi connectivity index (χ3v) is 3.06. The number of aliphatic hydroxyl groups is 1. The number of fused-ring (bicyclic) bond motifs is 1. The molecule has 4 heteroatoms. The van der Waals surface area contributed by atoms with Crippen molar-refractivity contribution in [2.75, 3.05) is 0 Å². The largest absolute Gasteiger partial charge is 0.464 e. The Balaban J connectivity index is 2.77. The molecule has 68 valence electrons. The van der Waals surface area contributed by atoms with Gasteiger partial charge in [0.05, 0.1) is 17.9 Å². The van der Waals surface area contributed by atoms with E-state index in [1.807, 2.05) is 6.07 Å². The Labute approximate surface area is 88.2 Å². The van der Waals surface area contributed by atoms with Crippen molar-refractivity contribution in [2.45, 2.75) is 6.61 Å². The van der Waals surface area contributed by atoms with E-state index < -0.39 is 0 Å². The third kappa shape index (κ3) is 1.47. The van der Waals surface area contributed by atoms with Crippen molar-refractivity contribution in [3.8, 4) is 0 Å². The van der Waals surface area contributed by atoms with Gasteiger partial charge in [0.2, 0.25) is 0 Å². The predicted molar refractivity (Wildman–Crippen MR) is 54.8 cm³/mol. The van der Waals surface area contributed by atoms with Crippen LogP contribution in [0, 0.1) is 0 Å². The summed E-state index contributed by atoms with van der Waals surface area (Å²) in [5, 5.41) is 10.5. The molecule has 0 aliphatic carbocycles. The topological polar surface area (TPSA) is 33.4 Å². The monoisotopic (exact) mass is 260 g/mol. The van der Waals surface area contributed by atoms with Crippen LogP contribution in [0.3, 0.4) is 0 Å². The van der Waals surface area contributed by atoms with Gasteiger partial charge in [-0.1, -0.05) is 11.6 Å². The molecule has 1 aromatic carbocycles. The van der Waals surface area contributed by atoms with Crippen LogP contribution in [0.4, 0.5) is 0 Å². The molecular formula is C9H6BrClO2. The molecule has 0 amide bonds. The van der Waals surface area contributed by atoms with E-state index in [0.29, 0.717) is 10.6 Å². The van der Waals surface area contributed by atoms with Gasteiger partial charge >= 0.3 is 0 Å². The first-order valence-corrected chi connectivity index (χ1v) is 4.85. The standard InChI is InChI=1S/C9H6BrClO2/c10-7-1-6-5(3-12)4-13-9(6)2-8(7)11/h1-2,4,12H,3H2. The van der Waals surface area contributed by atoms with Crippen LogP contribution in [0.5, 0.6) is 0 Å². The highest BCUT2D eigenvalue weighted by molar-refractivity contribution is 9.10. The van der Waals surface area contributed by atoms with E-state index in [1.165, 1.54) is 6.26 Å². The molecule has 0 saturated carbocycles. The lowest BCUT2D eigenvalue weighted by Gasteiger charge is -1.96. The summed E-state index contributed by atoms with van der Waals surface area (Å²) in [6.07, 6.45) is 1.54. The zero-order valence-electron chi connectivity index (χ0n) is 6.55. The van der Waals surface area contributed by atoms with Crippen molar-refractivity contribution >= 4 is 38.5 Å². The van der Waals surface area contributed by atoms with Crippen molar-refractivity contribution < 1.29 is 9.52 Å². The van der Waals surface area contributed by atoms with Gasteiger partial charge in [0.15, 0.2) is 0 Å². The van der Waals surface area contributed by atoms with Gasteiger partial charge in [-0.2, -0.15) is 0 Å². The van der Waals surface area contributed by atoms with Crippen LogP contribution in [0.2, 0.25) is 5.02 Å². The van der Waals surface area contributed by atoms with Crippen molar-refractivity contribution in [1.29, 1.82) is 0 Å². The number of rotatable bonds is 1. The molecule has 2 rings (SSSR count). The third-order valence-electron chi connectivity index (χ3n) is 1.87. The predicted octanol–water partition coefficient (Wildman–Crippen LogP) is 3.34. The fourth-order valence-electron chi connectivity index (χ4n) is 1.20. The fraction of sp³-hybridized carbons (Fsp3) is 0.111. The van der Waals surface area contributed by atoms with Gasteiger partial charge in [-0.25, -0.2) is 0 Å². The van der Waals surface area contributed by atoms with E-state index >= 15 is 0 Å². The maximum Gasteiger partial charge on any atom is 0.135 e. The minimum atomic E-state index is -0.0267. The van der Waals surface area contributed by atoms with Crippen molar-refractivity contribution in [2.24, 2.45) is 0 Å². The van der Waals surface area contributed by atoms with Crippen LogP contribution in [-0.4, -0.2) is 5.11 Å². The van der Waals surface area contributed by atoms with E-state index in [2.05, 4.69) is 15.9 Å². The maximum absolute atomic E-state index is 8.98. The molecule has 0 radical (unpaired) electrons. The smallest absolute Gasteiger partial charge is 0.135 e. The second kappa shape index (κ2) is 3.33. The summed E-state index contributed by atoms with van der Waals surface area (Å²) in [6.45, 7) is -0.0267. The average molecular weight is 262 g/mol. The van der Waals surface area contributed by atoms with Crippen LogP contribution in [0.15, 0.2) is 27.3 Å². The Kier molecular flexibility index (Phi) is 2.32. The lowest BCUT2D eigenvalue weighted by molar-refractivity contribution is 0.281. The summed E-state index contributed by atoms with van der Waals surface area (Å²) in [7, 11) is 0. The second-order valence-electron chi connectivity index (χ2n) is 2.68. The molecular weight excluding hydrogens is 255 g/mol. The number of benzene rings is 1. The summed E-state index contributed by atoms with van der Waals surface area (Å²) in [6, 6.07) is 3.56. The summed E-state index contributed by atoms with van der Waals surface area (Å²) in [5.41, 5.74) is 1.46. The Morgan fingerprint density at radius 3 is 2.92 bits per heavy atom. The SMILES string of the molecule is OCc1coc2cc(Cl)c(Br)cc12. The first kappa shape index (κ1) is 9.06. The molecule has 0 unspecified atom stereocenters. The zero-order chi connectivity index (χ0) is 9.42. The van der Waals surface area contributed by atoms with Crippen LogP contribution >= 0.6 is 27.5 Å². The van der Waals surface area contributed by atoms with Crippen LogP contribution in [0.25, 0.3) is 11.0 Å². The molecule has 0 atom stereocenters. The van der Waals surface area contributed by atoms with Gasteiger partial charge in [-0.15, -0.1) is 0 Å². The molecule has 1 N–H and O–H groups in total. The maximum atomic E-state index is 8.98. The fourth-order valence-corrected chi connectivity index (χ4v) is 1.69. The molecule has 1 heterocycles. The molecule has 2 nitrogen and oxygen atoms in total. The number of hydrogen-bond donors (Lipinski definition) is 1. The zero-order valence-corrected chi connectivity index (χ0v) is 8.89. The molecule has 2 aromatic rings. The number of aliphatic hydroxyl groups excluding tert-OH is 1. The van der Waals surface area contributed by atoms with Gasteiger partial charge < -0.3 is 9.52 Å². The summed E-state index contributed by atoms with van der Waals surface area (Å²) >= 11 is 9.18. The number of furan rings is 1. The van der Waals surface area contributed by atoms with E-state index in [9.17, 15) is 0 Å². The first-order chi connectivity index (χ1) is 6.22. The Hall–Kier alpha value is -0.510. The highest BCUT2D eigenvalue weighted by Gasteiger charge is 2.07. The van der Waals surface area contributed by atoms with Crippen molar-refractivity contribution in [1.82, 2.24) is 0 Å². The minimum absolute atomic E-state index is 0.0267. The minimum Gasteiger partial charge on any atom is -0.464 e. The highest BCUT2D eigenvalue weighted by Crippen LogP contribution is 2.30. The Morgan fingerprint density at radius 1 is 1.46 bits per heavy atom. The Bertz CT molecular complexity index is 450. The molecule has 0 fully saturated rings. The molecule has 0 aliphatic rings. The highest BCUT2D eigenvalue weighted by atomic mass is 79.9. The first-order valence-electron chi connectivity index (χ1n) is 3.68. The number of halogens is 2. The lowest BCUT2D eigenvalue weighted by Crippen LogP contribution is -1.78. The molecule has 13 heavy (non-hydrogen) atoms. The van der Waals surface area contributed by atoms with Crippen LogP contribution in [-0.2, 0) is 6.61 Å². The van der Waals surface area contributed by atoms with Crippen LogP contribution < -0.4 is 0 Å². The van der Waals surface area contributed by atoms with E-state index in [1.54, 1.807) is 6.07 Å². The summed E-state index contributed by atoms with van der Waals surface area (Å²) in [4.78, 5) is 0. The number of hydrogen-bond acceptors (Lipinski definition) is 2. The van der Waals surface area contributed by atoms with Crippen LogP contribution in [0.1, 0.15) is 5.56 Å². The molecule has 0 spiro atoms. The van der Waals surface area contributed by atoms with E-state index in [4.69, 9.17) is 21.1 Å². The lowest BCUT2D eigenvalue weighted by atomic mass is 10.2. The quantitative estimate of drug-likeness (QED) is 0.854. The van der Waals surface area contributed by atoms with Crippen molar-refractivity contribution in [3.05, 3.63) is 33.5 Å². The van der Waals surface area contributed by atoms with E-state index in [0.717, 1.165) is 15.4 Å². The van der Waals surface area contributed by atoms with Gasteiger partial charge in [0.25, 0.3) is 0 Å². The van der Waals surface area contributed by atoms with Gasteiger partial charge in [-0.05, 0) is 22.0 Å². The summed E-state index contributed by atoms with van der Waals surface area (Å²) in [5.74, 6) is 0. The van der Waals surface area contributed by atoms with Gasteiger partial charge in [-0.3, -0.25) is 0 Å². The van der Waals surface area contributed by atoms with Crippen molar-refractivity contribution in [3.63, 3.8) is 0 Å². The van der Waals surface area contributed by atoms with E-state index in [-0.39, 0.29) is 6.61 Å². The molecule has 0 bridgehead atoms. The average Bonchev–Trinajstić information content (AvgIpc) is 2.48.